The smallest absolute Gasteiger partial charge is 0.321 e. The monoisotopic (exact) mass is 479 g/mol. The number of carbonyl (C=O) groups is 1. The molecule has 2 amide bonds. The zero-order valence-corrected chi connectivity index (χ0v) is 19.6. The highest BCUT2D eigenvalue weighted by molar-refractivity contribution is 9.10. The Bertz CT molecular complexity index is 1090. The van der Waals surface area contributed by atoms with Crippen molar-refractivity contribution in [3.05, 3.63) is 69.8 Å². The molecule has 1 N–H and O–H groups in total. The first-order chi connectivity index (χ1) is 14.9. The van der Waals surface area contributed by atoms with Crippen LogP contribution in [0.5, 0.6) is 0 Å². The average molecular weight is 480 g/mol. The van der Waals surface area contributed by atoms with Crippen LogP contribution in [0.15, 0.2) is 53.0 Å². The molecule has 0 saturated carbocycles. The van der Waals surface area contributed by atoms with Gasteiger partial charge in [-0.05, 0) is 51.1 Å². The molecule has 0 spiro atoms. The van der Waals surface area contributed by atoms with E-state index in [2.05, 4.69) is 52.1 Å². The number of nitrogens with one attached hydrogen (secondary N) is 1. The lowest BCUT2D eigenvalue weighted by Crippen LogP contribution is -2.50. The Morgan fingerprint density at radius 2 is 1.68 bits per heavy atom. The molecule has 0 bridgehead atoms. The molecule has 0 radical (unpaired) electrons. The lowest BCUT2D eigenvalue weighted by Gasteiger charge is -2.36. The predicted octanol–water partition coefficient (Wildman–Crippen LogP) is 5.19. The van der Waals surface area contributed by atoms with Crippen molar-refractivity contribution in [2.45, 2.75) is 20.8 Å². The van der Waals surface area contributed by atoms with Gasteiger partial charge in [-0.25, -0.2) is 14.8 Å². The number of nitrogens with zero attached hydrogens (tertiary/aromatic N) is 4. The summed E-state index contributed by atoms with van der Waals surface area (Å²) in [4.78, 5) is 26.4. The molecule has 2 heterocycles. The molecule has 1 aromatic heterocycles. The van der Waals surface area contributed by atoms with Gasteiger partial charge in [-0.15, -0.1) is 0 Å². The fourth-order valence-corrected chi connectivity index (χ4v) is 3.96. The number of carbonyl (C=O) groups excluding carboxylic acids is 1. The lowest BCUT2D eigenvalue weighted by molar-refractivity contribution is 0.208. The third-order valence-electron chi connectivity index (χ3n) is 5.60. The molecule has 160 valence electrons. The summed E-state index contributed by atoms with van der Waals surface area (Å²) in [5.41, 5.74) is 5.07. The van der Waals surface area contributed by atoms with Gasteiger partial charge in [-0.3, -0.25) is 0 Å². The first-order valence-corrected chi connectivity index (χ1v) is 11.2. The molecular weight excluding hydrogens is 454 g/mol. The summed E-state index contributed by atoms with van der Waals surface area (Å²) < 4.78 is 0.986. The van der Waals surface area contributed by atoms with E-state index in [1.54, 1.807) is 0 Å². The molecule has 3 aromatic rings. The number of urea groups is 1. The second kappa shape index (κ2) is 9.06. The molecule has 1 aliphatic heterocycles. The maximum atomic E-state index is 12.6. The highest BCUT2D eigenvalue weighted by Gasteiger charge is 2.24. The fraction of sp³-hybridized carbons (Fsp3) is 0.292. The zero-order chi connectivity index (χ0) is 22.0. The molecule has 4 rings (SSSR count). The van der Waals surface area contributed by atoms with Crippen LogP contribution in [0.25, 0.3) is 11.4 Å². The quantitative estimate of drug-likeness (QED) is 0.561. The van der Waals surface area contributed by atoms with Crippen molar-refractivity contribution in [3.8, 4) is 11.4 Å². The van der Waals surface area contributed by atoms with Crippen LogP contribution in [0.4, 0.5) is 16.3 Å². The van der Waals surface area contributed by atoms with Gasteiger partial charge in [0.25, 0.3) is 0 Å². The van der Waals surface area contributed by atoms with Gasteiger partial charge in [0.2, 0.25) is 0 Å². The number of anilines is 2. The van der Waals surface area contributed by atoms with Crippen molar-refractivity contribution in [3.63, 3.8) is 0 Å². The molecule has 1 fully saturated rings. The van der Waals surface area contributed by atoms with Crippen molar-refractivity contribution in [2.75, 3.05) is 36.4 Å². The molecule has 1 aliphatic rings. The van der Waals surface area contributed by atoms with E-state index in [0.29, 0.717) is 13.1 Å². The third-order valence-corrected chi connectivity index (χ3v) is 6.13. The van der Waals surface area contributed by atoms with Crippen molar-refractivity contribution >= 4 is 33.5 Å². The lowest BCUT2D eigenvalue weighted by atomic mass is 10.1. The van der Waals surface area contributed by atoms with E-state index in [4.69, 9.17) is 9.97 Å². The molecule has 0 aliphatic carbocycles. The first-order valence-electron chi connectivity index (χ1n) is 10.4. The van der Waals surface area contributed by atoms with Gasteiger partial charge in [0.1, 0.15) is 5.82 Å². The van der Waals surface area contributed by atoms with E-state index >= 15 is 0 Å². The number of amides is 2. The molecule has 1 saturated heterocycles. The van der Waals surface area contributed by atoms with Crippen molar-refractivity contribution in [2.24, 2.45) is 0 Å². The van der Waals surface area contributed by atoms with E-state index in [1.807, 2.05) is 48.2 Å². The summed E-state index contributed by atoms with van der Waals surface area (Å²) in [6.07, 6.45) is 0. The van der Waals surface area contributed by atoms with Gasteiger partial charge in [-0.2, -0.15) is 0 Å². The number of piperazine rings is 1. The molecule has 31 heavy (non-hydrogen) atoms. The number of aromatic nitrogens is 2. The van der Waals surface area contributed by atoms with E-state index < -0.39 is 0 Å². The van der Waals surface area contributed by atoms with E-state index in [0.717, 1.165) is 51.7 Å². The Labute approximate surface area is 191 Å². The summed E-state index contributed by atoms with van der Waals surface area (Å²) in [5.74, 6) is 1.70. The minimum absolute atomic E-state index is 0.0713. The molecule has 6 nitrogen and oxygen atoms in total. The van der Waals surface area contributed by atoms with Crippen LogP contribution in [0.2, 0.25) is 0 Å². The number of halogens is 1. The molecule has 0 atom stereocenters. The van der Waals surface area contributed by atoms with E-state index in [1.165, 1.54) is 5.56 Å². The van der Waals surface area contributed by atoms with Crippen LogP contribution in [0.3, 0.4) is 0 Å². The molecule has 2 aromatic carbocycles. The van der Waals surface area contributed by atoms with Crippen LogP contribution >= 0.6 is 15.9 Å². The van der Waals surface area contributed by atoms with Crippen molar-refractivity contribution < 1.29 is 4.79 Å². The van der Waals surface area contributed by atoms with E-state index in [9.17, 15) is 4.79 Å². The van der Waals surface area contributed by atoms with Gasteiger partial charge in [0.05, 0.1) is 0 Å². The van der Waals surface area contributed by atoms with Crippen molar-refractivity contribution in [1.82, 2.24) is 14.9 Å². The predicted molar refractivity (Wildman–Crippen MR) is 129 cm³/mol. The minimum Gasteiger partial charge on any atom is -0.353 e. The standard InChI is InChI=1S/C24H26BrN5O/c1-16-5-4-6-19(15-16)22-26-18(3)17(2)23(28-22)29-11-13-30(14-12-29)24(31)27-21-9-7-20(25)8-10-21/h4-10,15H,11-14H2,1-3H3,(H,27,31). The second-order valence-electron chi connectivity index (χ2n) is 7.86. The van der Waals surface area contributed by atoms with Gasteiger partial charge in [0.15, 0.2) is 5.82 Å². The summed E-state index contributed by atoms with van der Waals surface area (Å²) in [7, 11) is 0. The summed E-state index contributed by atoms with van der Waals surface area (Å²) in [5, 5.41) is 2.97. The van der Waals surface area contributed by atoms with Crippen LogP contribution in [0, 0.1) is 20.8 Å². The Morgan fingerprint density at radius 1 is 0.968 bits per heavy atom. The second-order valence-corrected chi connectivity index (χ2v) is 8.78. The molecule has 7 heteroatoms. The fourth-order valence-electron chi connectivity index (χ4n) is 3.69. The number of hydrogen-bond donors (Lipinski definition) is 1. The maximum Gasteiger partial charge on any atom is 0.321 e. The van der Waals surface area contributed by atoms with Crippen LogP contribution < -0.4 is 10.2 Å². The Kier molecular flexibility index (Phi) is 6.23. The van der Waals surface area contributed by atoms with Gasteiger partial charge in [0, 0.05) is 53.2 Å². The summed E-state index contributed by atoms with van der Waals surface area (Å²) >= 11 is 3.41. The number of aryl methyl sites for hydroxylation is 2. The zero-order valence-electron chi connectivity index (χ0n) is 18.0. The van der Waals surface area contributed by atoms with Crippen LogP contribution in [-0.4, -0.2) is 47.1 Å². The molecular formula is C24H26BrN5O. The third kappa shape index (κ3) is 4.88. The summed E-state index contributed by atoms with van der Waals surface area (Å²) in [6.45, 7) is 8.93. The Balaban J connectivity index is 1.47. The highest BCUT2D eigenvalue weighted by atomic mass is 79.9. The van der Waals surface area contributed by atoms with E-state index in [-0.39, 0.29) is 6.03 Å². The van der Waals surface area contributed by atoms with Crippen LogP contribution in [0.1, 0.15) is 16.8 Å². The Hall–Kier alpha value is -2.93. The average Bonchev–Trinajstić information content (AvgIpc) is 2.77. The Morgan fingerprint density at radius 3 is 2.35 bits per heavy atom. The largest absolute Gasteiger partial charge is 0.353 e. The van der Waals surface area contributed by atoms with Gasteiger partial charge < -0.3 is 15.1 Å². The SMILES string of the molecule is Cc1cccc(-c2nc(C)c(C)c(N3CCN(C(=O)Nc4ccc(Br)cc4)CC3)n2)c1. The normalized spacial score (nSPS) is 13.9. The van der Waals surface area contributed by atoms with Crippen LogP contribution in [-0.2, 0) is 0 Å². The van der Waals surface area contributed by atoms with Gasteiger partial charge in [-0.1, -0.05) is 39.7 Å². The topological polar surface area (TPSA) is 61.4 Å². The molecule has 0 unspecified atom stereocenters. The van der Waals surface area contributed by atoms with Gasteiger partial charge >= 0.3 is 6.03 Å². The highest BCUT2D eigenvalue weighted by Crippen LogP contribution is 2.26. The number of benzene rings is 2. The minimum atomic E-state index is -0.0713. The summed E-state index contributed by atoms with van der Waals surface area (Å²) in [6, 6.07) is 15.8. The van der Waals surface area contributed by atoms with Crippen molar-refractivity contribution in [1.29, 1.82) is 0 Å². The maximum absolute atomic E-state index is 12.6. The number of hydrogen-bond acceptors (Lipinski definition) is 4. The first kappa shape index (κ1) is 21.3. The number of rotatable bonds is 3.